The van der Waals surface area contributed by atoms with Crippen molar-refractivity contribution in [2.45, 2.75) is 45.3 Å². The molecule has 0 spiro atoms. The van der Waals surface area contributed by atoms with Crippen molar-refractivity contribution in [2.24, 2.45) is 0 Å². The van der Waals surface area contributed by atoms with Crippen LogP contribution in [0.1, 0.15) is 64.6 Å². The van der Waals surface area contributed by atoms with Crippen molar-refractivity contribution < 1.29 is 14.3 Å². The molecule has 0 radical (unpaired) electrons. The van der Waals surface area contributed by atoms with Crippen LogP contribution < -0.4 is 10.1 Å². The molecule has 0 aliphatic carbocycles. The third-order valence-electron chi connectivity index (χ3n) is 6.04. The van der Waals surface area contributed by atoms with Crippen LogP contribution in [0.4, 0.5) is 5.69 Å². The lowest BCUT2D eigenvalue weighted by Crippen LogP contribution is -2.31. The van der Waals surface area contributed by atoms with E-state index in [0.717, 1.165) is 25.2 Å². The van der Waals surface area contributed by atoms with Crippen LogP contribution >= 0.6 is 0 Å². The van der Waals surface area contributed by atoms with Gasteiger partial charge in [0.2, 0.25) is 0 Å². The number of carbonyl (C=O) groups is 2. The summed E-state index contributed by atoms with van der Waals surface area (Å²) < 4.78 is 5.79. The van der Waals surface area contributed by atoms with E-state index in [0.29, 0.717) is 22.9 Å². The van der Waals surface area contributed by atoms with E-state index in [9.17, 15) is 9.59 Å². The van der Waals surface area contributed by atoms with Crippen molar-refractivity contribution in [3.05, 3.63) is 58.7 Å². The number of rotatable bonds is 5. The minimum Gasteiger partial charge on any atom is -0.490 e. The number of hydrogen-bond donors (Lipinski definition) is 1. The molecule has 1 N–H and O–H groups in total. The number of nitrogens with one attached hydrogen (secondary N) is 1. The molecular weight excluding hydrogens is 390 g/mol. The summed E-state index contributed by atoms with van der Waals surface area (Å²) in [6, 6.07) is 11.7. The lowest BCUT2D eigenvalue weighted by Gasteiger charge is -2.32. The van der Waals surface area contributed by atoms with E-state index in [1.165, 1.54) is 28.9 Å². The van der Waals surface area contributed by atoms with Crippen LogP contribution in [0.2, 0.25) is 0 Å². The molecule has 4 rings (SSSR count). The van der Waals surface area contributed by atoms with Crippen molar-refractivity contribution in [1.29, 1.82) is 0 Å². The molecule has 31 heavy (non-hydrogen) atoms. The van der Waals surface area contributed by atoms with E-state index in [1.807, 2.05) is 19.9 Å². The summed E-state index contributed by atoms with van der Waals surface area (Å²) in [6.45, 7) is 6.10. The van der Waals surface area contributed by atoms with Gasteiger partial charge < -0.3 is 15.0 Å². The molecule has 2 aliphatic heterocycles. The largest absolute Gasteiger partial charge is 0.490 e. The van der Waals surface area contributed by atoms with E-state index in [1.54, 1.807) is 32.3 Å². The number of ether oxygens (including phenoxy) is 1. The maximum atomic E-state index is 13.0. The smallest absolute Gasteiger partial charge is 0.257 e. The molecular formula is C25H31N3O3. The van der Waals surface area contributed by atoms with Crippen LogP contribution in [-0.2, 0) is 6.42 Å². The molecule has 2 heterocycles. The van der Waals surface area contributed by atoms with Gasteiger partial charge in [-0.3, -0.25) is 14.5 Å². The van der Waals surface area contributed by atoms with Crippen LogP contribution in [-0.4, -0.2) is 54.9 Å². The summed E-state index contributed by atoms with van der Waals surface area (Å²) in [5.41, 5.74) is 4.33. The number of benzene rings is 2. The second kappa shape index (κ2) is 8.71. The second-order valence-corrected chi connectivity index (χ2v) is 8.89. The first kappa shape index (κ1) is 21.4. The van der Waals surface area contributed by atoms with Gasteiger partial charge in [-0.2, -0.15) is 0 Å². The van der Waals surface area contributed by atoms with Gasteiger partial charge in [0.15, 0.2) is 0 Å². The molecule has 1 saturated heterocycles. The molecule has 0 bridgehead atoms. The topological polar surface area (TPSA) is 61.9 Å². The fourth-order valence-electron chi connectivity index (χ4n) is 4.56. The van der Waals surface area contributed by atoms with Crippen LogP contribution in [0.5, 0.6) is 5.75 Å². The molecule has 0 saturated carbocycles. The van der Waals surface area contributed by atoms with E-state index >= 15 is 0 Å². The van der Waals surface area contributed by atoms with Crippen LogP contribution in [0, 0.1) is 0 Å². The van der Waals surface area contributed by atoms with Gasteiger partial charge in [-0.1, -0.05) is 6.07 Å². The minimum atomic E-state index is -0.233. The highest BCUT2D eigenvalue weighted by atomic mass is 16.5. The average Bonchev–Trinajstić information content (AvgIpc) is 3.22. The quantitative estimate of drug-likeness (QED) is 0.789. The molecule has 6 heteroatoms. The van der Waals surface area contributed by atoms with Crippen LogP contribution in [0.3, 0.4) is 0 Å². The van der Waals surface area contributed by atoms with Crippen LogP contribution in [0.25, 0.3) is 0 Å². The zero-order chi connectivity index (χ0) is 22.1. The minimum absolute atomic E-state index is 0.0703. The molecule has 2 aromatic carbocycles. The SMILES string of the molecule is CC(C)Oc1ccc(C(=O)Nc2ccc3c(c2)C2CCCN2CC3)cc1C(=O)N(C)C. The van der Waals surface area contributed by atoms with Crippen molar-refractivity contribution in [3.8, 4) is 5.75 Å². The van der Waals surface area contributed by atoms with Crippen molar-refractivity contribution in [3.63, 3.8) is 0 Å². The van der Waals surface area contributed by atoms with Crippen LogP contribution in [0.15, 0.2) is 36.4 Å². The number of anilines is 1. The highest BCUT2D eigenvalue weighted by Gasteiger charge is 2.31. The first-order chi connectivity index (χ1) is 14.8. The second-order valence-electron chi connectivity index (χ2n) is 8.89. The maximum absolute atomic E-state index is 13.0. The zero-order valence-electron chi connectivity index (χ0n) is 18.8. The normalized spacial score (nSPS) is 17.8. The fraction of sp³-hybridized carbons (Fsp3) is 0.440. The molecule has 1 fully saturated rings. The van der Waals surface area contributed by atoms with E-state index in [2.05, 4.69) is 22.3 Å². The van der Waals surface area contributed by atoms with Gasteiger partial charge in [0.25, 0.3) is 11.8 Å². The molecule has 0 aromatic heterocycles. The number of carbonyl (C=O) groups excluding carboxylic acids is 2. The molecule has 6 nitrogen and oxygen atoms in total. The first-order valence-electron chi connectivity index (χ1n) is 11.0. The fourth-order valence-corrected chi connectivity index (χ4v) is 4.56. The van der Waals surface area contributed by atoms with Crippen molar-refractivity contribution in [2.75, 3.05) is 32.5 Å². The average molecular weight is 422 g/mol. The van der Waals surface area contributed by atoms with Gasteiger partial charge in [0, 0.05) is 37.9 Å². The maximum Gasteiger partial charge on any atom is 0.257 e. The Hall–Kier alpha value is -2.86. The summed E-state index contributed by atoms with van der Waals surface area (Å²) in [6.07, 6.45) is 3.40. The number of fused-ring (bicyclic) bond motifs is 3. The van der Waals surface area contributed by atoms with Crippen molar-refractivity contribution >= 4 is 17.5 Å². The molecule has 1 atom stereocenters. The Balaban J connectivity index is 1.58. The van der Waals surface area contributed by atoms with Gasteiger partial charge in [0.1, 0.15) is 5.75 Å². The molecule has 164 valence electrons. The van der Waals surface area contributed by atoms with E-state index in [-0.39, 0.29) is 17.9 Å². The van der Waals surface area contributed by atoms with E-state index < -0.39 is 0 Å². The van der Waals surface area contributed by atoms with Gasteiger partial charge >= 0.3 is 0 Å². The summed E-state index contributed by atoms with van der Waals surface area (Å²) in [5, 5.41) is 3.02. The highest BCUT2D eigenvalue weighted by Crippen LogP contribution is 2.38. The third kappa shape index (κ3) is 4.44. The number of amides is 2. The Labute approximate surface area is 184 Å². The van der Waals surface area contributed by atoms with E-state index in [4.69, 9.17) is 4.74 Å². The summed E-state index contributed by atoms with van der Waals surface area (Å²) in [5.74, 6) is 0.0590. The summed E-state index contributed by atoms with van der Waals surface area (Å²) in [4.78, 5) is 29.7. The Morgan fingerprint density at radius 3 is 2.68 bits per heavy atom. The Kier molecular flexibility index (Phi) is 6.01. The van der Waals surface area contributed by atoms with Crippen molar-refractivity contribution in [1.82, 2.24) is 9.80 Å². The standard InChI is InChI=1S/C25H31N3O3/c1-16(2)31-23-10-8-18(14-21(23)25(30)27(3)4)24(29)26-19-9-7-17-11-13-28-12-5-6-22(28)20(17)15-19/h7-10,14-16,22H,5-6,11-13H2,1-4H3,(H,26,29). The molecule has 1 unspecified atom stereocenters. The molecule has 2 aliphatic rings. The van der Waals surface area contributed by atoms with Gasteiger partial charge in [-0.15, -0.1) is 0 Å². The predicted octanol–water partition coefficient (Wildman–Crippen LogP) is 4.12. The number of nitrogens with zero attached hydrogens (tertiary/aromatic N) is 2. The summed E-state index contributed by atoms with van der Waals surface area (Å²) in [7, 11) is 3.38. The first-order valence-corrected chi connectivity index (χ1v) is 11.0. The predicted molar refractivity (Wildman–Crippen MR) is 122 cm³/mol. The Bertz CT molecular complexity index is 1000. The lowest BCUT2D eigenvalue weighted by molar-refractivity contribution is 0.0821. The molecule has 2 amide bonds. The number of hydrogen-bond acceptors (Lipinski definition) is 4. The third-order valence-corrected chi connectivity index (χ3v) is 6.04. The zero-order valence-corrected chi connectivity index (χ0v) is 18.8. The van der Waals surface area contributed by atoms with Gasteiger partial charge in [-0.05, 0) is 81.1 Å². The lowest BCUT2D eigenvalue weighted by atomic mass is 9.92. The van der Waals surface area contributed by atoms with Gasteiger partial charge in [-0.25, -0.2) is 0 Å². The van der Waals surface area contributed by atoms with Gasteiger partial charge in [0.05, 0.1) is 11.7 Å². The highest BCUT2D eigenvalue weighted by molar-refractivity contribution is 6.07. The molecule has 2 aromatic rings. The Morgan fingerprint density at radius 2 is 1.94 bits per heavy atom. The summed E-state index contributed by atoms with van der Waals surface area (Å²) >= 11 is 0. The Morgan fingerprint density at radius 1 is 1.13 bits per heavy atom. The monoisotopic (exact) mass is 421 g/mol.